The Bertz CT molecular complexity index is 912. The lowest BCUT2D eigenvalue weighted by atomic mass is 9.97. The van der Waals surface area contributed by atoms with Crippen LogP contribution in [-0.4, -0.2) is 21.2 Å². The third-order valence-electron chi connectivity index (χ3n) is 4.98. The zero-order valence-electron chi connectivity index (χ0n) is 14.3. The Hall–Kier alpha value is -1.79. The molecule has 1 amide bonds. The Kier molecular flexibility index (Phi) is 5.05. The molecule has 1 atom stereocenters. The number of aryl methyl sites for hydroxylation is 1. The van der Waals surface area contributed by atoms with E-state index in [1.807, 2.05) is 18.2 Å². The Labute approximate surface area is 161 Å². The van der Waals surface area contributed by atoms with E-state index in [4.69, 9.17) is 16.6 Å². The van der Waals surface area contributed by atoms with E-state index in [9.17, 15) is 9.59 Å². The van der Waals surface area contributed by atoms with Crippen molar-refractivity contribution in [3.63, 3.8) is 0 Å². The van der Waals surface area contributed by atoms with Crippen LogP contribution in [-0.2, 0) is 24.2 Å². The van der Waals surface area contributed by atoms with E-state index in [-0.39, 0.29) is 23.9 Å². The van der Waals surface area contributed by atoms with Crippen LogP contribution in [0.25, 0.3) is 0 Å². The monoisotopic (exact) mass is 389 g/mol. The molecule has 0 bridgehead atoms. The number of fused-ring (bicyclic) bond motifs is 2. The highest BCUT2D eigenvalue weighted by Crippen LogP contribution is 2.33. The van der Waals surface area contributed by atoms with E-state index >= 15 is 0 Å². The second kappa shape index (κ2) is 7.45. The van der Waals surface area contributed by atoms with Crippen molar-refractivity contribution in [3.05, 3.63) is 56.5 Å². The van der Waals surface area contributed by atoms with Gasteiger partial charge in [-0.2, -0.15) is 0 Å². The summed E-state index contributed by atoms with van der Waals surface area (Å²) in [6.07, 6.45) is 4.12. The number of carbonyl (C=O) groups excluding carboxylic acids is 1. The second-order valence-corrected chi connectivity index (χ2v) is 8.13. The highest BCUT2D eigenvalue weighted by atomic mass is 35.5. The van der Waals surface area contributed by atoms with E-state index < -0.39 is 0 Å². The molecular weight excluding hydrogens is 370 g/mol. The van der Waals surface area contributed by atoms with Gasteiger partial charge in [-0.3, -0.25) is 14.2 Å². The molecule has 5 nitrogen and oxygen atoms in total. The number of hydrogen-bond acceptors (Lipinski definition) is 4. The van der Waals surface area contributed by atoms with Crippen LogP contribution >= 0.6 is 23.4 Å². The van der Waals surface area contributed by atoms with Gasteiger partial charge < -0.3 is 5.32 Å². The van der Waals surface area contributed by atoms with Gasteiger partial charge in [0.25, 0.3) is 5.56 Å². The molecular formula is C19H20ClN3O2S. The van der Waals surface area contributed by atoms with Gasteiger partial charge in [0.1, 0.15) is 0 Å². The number of carbonyl (C=O) groups is 1. The average Bonchev–Trinajstić information content (AvgIpc) is 3.04. The number of aromatic nitrogens is 2. The number of nitrogens with one attached hydrogen (secondary N) is 1. The minimum atomic E-state index is -0.131. The summed E-state index contributed by atoms with van der Waals surface area (Å²) in [5.41, 5.74) is 2.75. The van der Waals surface area contributed by atoms with Crippen molar-refractivity contribution in [1.29, 1.82) is 0 Å². The van der Waals surface area contributed by atoms with Crippen LogP contribution in [0.2, 0.25) is 5.02 Å². The van der Waals surface area contributed by atoms with E-state index in [1.54, 1.807) is 22.4 Å². The van der Waals surface area contributed by atoms with Crippen molar-refractivity contribution in [2.45, 2.75) is 49.8 Å². The fourth-order valence-corrected chi connectivity index (χ4v) is 4.94. The lowest BCUT2D eigenvalue weighted by Gasteiger charge is -2.18. The molecule has 2 heterocycles. The van der Waals surface area contributed by atoms with Crippen molar-refractivity contribution >= 4 is 29.3 Å². The Morgan fingerprint density at radius 3 is 2.96 bits per heavy atom. The molecule has 1 N–H and O–H groups in total. The van der Waals surface area contributed by atoms with Crippen LogP contribution in [0.15, 0.2) is 34.2 Å². The number of halogens is 1. The maximum atomic E-state index is 12.9. The molecule has 0 spiro atoms. The topological polar surface area (TPSA) is 64.0 Å². The van der Waals surface area contributed by atoms with Gasteiger partial charge in [-0.1, -0.05) is 41.6 Å². The summed E-state index contributed by atoms with van der Waals surface area (Å²) in [5, 5.41) is 4.31. The molecule has 0 fully saturated rings. The SMILES string of the molecule is O=C(C[C@@H]1CSc2nc3c(c(=O)n21)CCCC3)NCc1ccccc1Cl. The molecule has 26 heavy (non-hydrogen) atoms. The Morgan fingerprint density at radius 1 is 1.31 bits per heavy atom. The first-order chi connectivity index (χ1) is 12.6. The first kappa shape index (κ1) is 17.6. The third kappa shape index (κ3) is 3.40. The van der Waals surface area contributed by atoms with Crippen LogP contribution in [0.5, 0.6) is 0 Å². The number of thioether (sulfide) groups is 1. The molecule has 1 aromatic heterocycles. The van der Waals surface area contributed by atoms with Crippen LogP contribution in [0.3, 0.4) is 0 Å². The van der Waals surface area contributed by atoms with Crippen molar-refractivity contribution in [3.8, 4) is 0 Å². The summed E-state index contributed by atoms with van der Waals surface area (Å²) in [5.74, 6) is 0.637. The van der Waals surface area contributed by atoms with Crippen molar-refractivity contribution in [2.24, 2.45) is 0 Å². The minimum Gasteiger partial charge on any atom is -0.352 e. The highest BCUT2D eigenvalue weighted by Gasteiger charge is 2.30. The van der Waals surface area contributed by atoms with E-state index in [2.05, 4.69) is 5.32 Å². The molecule has 1 aromatic carbocycles. The van der Waals surface area contributed by atoms with Crippen molar-refractivity contribution in [1.82, 2.24) is 14.9 Å². The zero-order chi connectivity index (χ0) is 18.1. The predicted octanol–water partition coefficient (Wildman–Crippen LogP) is 3.13. The quantitative estimate of drug-likeness (QED) is 0.816. The number of benzene rings is 1. The largest absolute Gasteiger partial charge is 0.352 e. The number of nitrogens with zero attached hydrogens (tertiary/aromatic N) is 2. The Morgan fingerprint density at radius 2 is 2.12 bits per heavy atom. The maximum absolute atomic E-state index is 12.9. The van der Waals surface area contributed by atoms with Gasteiger partial charge in [0.2, 0.25) is 5.91 Å². The number of rotatable bonds is 4. The first-order valence-corrected chi connectivity index (χ1v) is 10.3. The fraction of sp³-hybridized carbons (Fsp3) is 0.421. The fourth-order valence-electron chi connectivity index (χ4n) is 3.59. The van der Waals surface area contributed by atoms with Gasteiger partial charge in [-0.25, -0.2) is 4.98 Å². The van der Waals surface area contributed by atoms with Crippen molar-refractivity contribution < 1.29 is 4.79 Å². The zero-order valence-corrected chi connectivity index (χ0v) is 15.9. The molecule has 0 unspecified atom stereocenters. The van der Waals surface area contributed by atoms with Gasteiger partial charge in [-0.15, -0.1) is 0 Å². The molecule has 7 heteroatoms. The third-order valence-corrected chi connectivity index (χ3v) is 6.44. The summed E-state index contributed by atoms with van der Waals surface area (Å²) >= 11 is 7.70. The lowest BCUT2D eigenvalue weighted by molar-refractivity contribution is -0.121. The molecule has 0 saturated carbocycles. The molecule has 0 radical (unpaired) electrons. The van der Waals surface area contributed by atoms with Gasteiger partial charge in [0.15, 0.2) is 5.16 Å². The smallest absolute Gasteiger partial charge is 0.257 e. The van der Waals surface area contributed by atoms with Crippen molar-refractivity contribution in [2.75, 3.05) is 5.75 Å². The molecule has 136 valence electrons. The normalized spacial score (nSPS) is 18.3. The minimum absolute atomic E-state index is 0.0543. The Balaban J connectivity index is 1.47. The highest BCUT2D eigenvalue weighted by molar-refractivity contribution is 7.99. The van der Waals surface area contributed by atoms with Gasteiger partial charge in [0.05, 0.1) is 11.7 Å². The number of amides is 1. The predicted molar refractivity (Wildman–Crippen MR) is 103 cm³/mol. The van der Waals surface area contributed by atoms with Gasteiger partial charge in [0, 0.05) is 29.3 Å². The van der Waals surface area contributed by atoms with Crippen LogP contribution < -0.4 is 10.9 Å². The molecule has 2 aliphatic rings. The van der Waals surface area contributed by atoms with Gasteiger partial charge >= 0.3 is 0 Å². The summed E-state index contributed by atoms with van der Waals surface area (Å²) < 4.78 is 1.74. The van der Waals surface area contributed by atoms with Crippen LogP contribution in [0.1, 0.15) is 42.1 Å². The van der Waals surface area contributed by atoms with E-state index in [0.717, 1.165) is 47.7 Å². The molecule has 1 aliphatic heterocycles. The summed E-state index contributed by atoms with van der Waals surface area (Å²) in [6, 6.07) is 7.32. The molecule has 4 rings (SSSR count). The maximum Gasteiger partial charge on any atom is 0.257 e. The molecule has 1 aliphatic carbocycles. The lowest BCUT2D eigenvalue weighted by Crippen LogP contribution is -2.33. The van der Waals surface area contributed by atoms with E-state index in [1.165, 1.54) is 0 Å². The summed E-state index contributed by atoms with van der Waals surface area (Å²) in [4.78, 5) is 30.0. The molecule has 0 saturated heterocycles. The average molecular weight is 390 g/mol. The number of hydrogen-bond donors (Lipinski definition) is 1. The standard InChI is InChI=1S/C19H20ClN3O2S/c20-15-7-3-1-5-12(15)10-21-17(24)9-13-11-26-19-22-16-8-4-2-6-14(16)18(25)23(13)19/h1,3,5,7,13H,2,4,6,8-11H2,(H,21,24)/t13-/m1/s1. The first-order valence-electron chi connectivity index (χ1n) is 8.90. The second-order valence-electron chi connectivity index (χ2n) is 6.74. The van der Waals surface area contributed by atoms with Crippen LogP contribution in [0.4, 0.5) is 0 Å². The molecule has 2 aromatic rings. The summed E-state index contributed by atoms with van der Waals surface area (Å²) in [7, 11) is 0. The van der Waals surface area contributed by atoms with Crippen LogP contribution in [0, 0.1) is 0 Å². The summed E-state index contributed by atoms with van der Waals surface area (Å²) in [6.45, 7) is 0.391. The van der Waals surface area contributed by atoms with E-state index in [0.29, 0.717) is 17.3 Å². The van der Waals surface area contributed by atoms with Gasteiger partial charge in [-0.05, 0) is 37.3 Å².